The number of hydrogen-bond acceptors (Lipinski definition) is 4. The molecule has 0 heterocycles. The molecule has 0 saturated heterocycles. The summed E-state index contributed by atoms with van der Waals surface area (Å²) in [6, 6.07) is 25.2. The third kappa shape index (κ3) is 5.98. The first kappa shape index (κ1) is 20.2. The molecule has 3 rings (SSSR count). The van der Waals surface area contributed by atoms with Crippen LogP contribution in [-0.2, 0) is 27.4 Å². The molecule has 28 heavy (non-hydrogen) atoms. The fourth-order valence-electron chi connectivity index (χ4n) is 2.64. The zero-order valence-corrected chi connectivity index (χ0v) is 16.7. The number of benzene rings is 3. The number of ether oxygens (including phenoxy) is 1. The van der Waals surface area contributed by atoms with Crippen LogP contribution in [0.25, 0.3) is 11.1 Å². The van der Waals surface area contributed by atoms with Crippen molar-refractivity contribution in [3.8, 4) is 11.1 Å². The van der Waals surface area contributed by atoms with Gasteiger partial charge in [-0.05, 0) is 34.4 Å². The van der Waals surface area contributed by atoms with E-state index in [1.54, 1.807) is 0 Å². The first-order chi connectivity index (χ1) is 13.6. The maximum atomic E-state index is 12.0. The molecule has 0 radical (unpaired) electrons. The average molecular weight is 411 g/mol. The Balaban J connectivity index is 1.55. The van der Waals surface area contributed by atoms with E-state index >= 15 is 0 Å². The predicted molar refractivity (Wildman–Crippen MR) is 113 cm³/mol. The van der Waals surface area contributed by atoms with E-state index in [2.05, 4.69) is 0 Å². The summed E-state index contributed by atoms with van der Waals surface area (Å²) in [6.45, 7) is 0.286. The van der Waals surface area contributed by atoms with Crippen LogP contribution >= 0.6 is 23.4 Å². The minimum absolute atomic E-state index is 0.00165. The molecule has 0 aliphatic rings. The van der Waals surface area contributed by atoms with Crippen LogP contribution in [0.4, 0.5) is 0 Å². The Kier molecular flexibility index (Phi) is 7.29. The normalized spacial score (nSPS) is 10.5. The van der Waals surface area contributed by atoms with E-state index in [1.807, 2.05) is 78.9 Å². The second kappa shape index (κ2) is 10.1. The van der Waals surface area contributed by atoms with Crippen molar-refractivity contribution in [1.29, 1.82) is 0 Å². The molecular formula is C23H19ClO3S. The topological polar surface area (TPSA) is 43.4 Å². The lowest BCUT2D eigenvalue weighted by Crippen LogP contribution is -2.07. The van der Waals surface area contributed by atoms with Crippen molar-refractivity contribution in [1.82, 2.24) is 0 Å². The molecule has 0 aliphatic heterocycles. The lowest BCUT2D eigenvalue weighted by molar-refractivity contribution is -0.144. The van der Waals surface area contributed by atoms with Crippen LogP contribution in [0.2, 0.25) is 0 Å². The van der Waals surface area contributed by atoms with Gasteiger partial charge < -0.3 is 4.74 Å². The van der Waals surface area contributed by atoms with Gasteiger partial charge in [-0.25, -0.2) is 0 Å². The molecule has 0 aliphatic carbocycles. The largest absolute Gasteiger partial charge is 0.461 e. The van der Waals surface area contributed by atoms with Gasteiger partial charge in [-0.1, -0.05) is 78.5 Å². The Hall–Kier alpha value is -2.56. The molecule has 3 aromatic carbocycles. The van der Waals surface area contributed by atoms with Gasteiger partial charge in [-0.2, -0.15) is 0 Å². The number of alkyl halides is 1. The van der Waals surface area contributed by atoms with Crippen LogP contribution in [0.3, 0.4) is 0 Å². The fraction of sp³-hybridized carbons (Fsp3) is 0.130. The number of rotatable bonds is 7. The first-order valence-corrected chi connectivity index (χ1v) is 10.1. The molecule has 0 fully saturated rings. The van der Waals surface area contributed by atoms with Gasteiger partial charge in [0.05, 0.1) is 12.3 Å². The van der Waals surface area contributed by atoms with E-state index in [0.29, 0.717) is 0 Å². The van der Waals surface area contributed by atoms with Crippen LogP contribution in [0, 0.1) is 0 Å². The highest BCUT2D eigenvalue weighted by Gasteiger charge is 2.07. The van der Waals surface area contributed by atoms with Gasteiger partial charge in [0.1, 0.15) is 6.61 Å². The third-order valence-electron chi connectivity index (χ3n) is 4.07. The maximum absolute atomic E-state index is 12.0. The van der Waals surface area contributed by atoms with Crippen LogP contribution in [0.15, 0.2) is 83.8 Å². The Labute approximate surface area is 173 Å². The van der Waals surface area contributed by atoms with Gasteiger partial charge in [-0.3, -0.25) is 9.59 Å². The fourth-order valence-corrected chi connectivity index (χ4v) is 3.40. The summed E-state index contributed by atoms with van der Waals surface area (Å²) in [4.78, 5) is 24.3. The minimum Gasteiger partial charge on any atom is -0.461 e. The number of esters is 1. The van der Waals surface area contributed by atoms with Crippen LogP contribution in [0.5, 0.6) is 0 Å². The highest BCUT2D eigenvalue weighted by Crippen LogP contribution is 2.25. The van der Waals surface area contributed by atoms with Gasteiger partial charge >= 0.3 is 5.97 Å². The first-order valence-electron chi connectivity index (χ1n) is 8.79. The van der Waals surface area contributed by atoms with E-state index in [4.69, 9.17) is 16.3 Å². The van der Waals surface area contributed by atoms with Crippen molar-refractivity contribution < 1.29 is 14.3 Å². The molecule has 0 spiro atoms. The third-order valence-corrected chi connectivity index (χ3v) is 5.35. The molecule has 0 aromatic heterocycles. The van der Waals surface area contributed by atoms with E-state index < -0.39 is 0 Å². The highest BCUT2D eigenvalue weighted by molar-refractivity contribution is 8.13. The van der Waals surface area contributed by atoms with Gasteiger partial charge in [-0.15, -0.1) is 11.6 Å². The Morgan fingerprint density at radius 1 is 0.786 bits per heavy atom. The zero-order chi connectivity index (χ0) is 19.8. The summed E-state index contributed by atoms with van der Waals surface area (Å²) in [5.41, 5.74) is 3.96. The van der Waals surface area contributed by atoms with E-state index in [9.17, 15) is 9.59 Å². The summed E-state index contributed by atoms with van der Waals surface area (Å²) < 4.78 is 5.32. The summed E-state index contributed by atoms with van der Waals surface area (Å²) >= 11 is 6.66. The molecule has 0 atom stereocenters. The van der Waals surface area contributed by atoms with Gasteiger partial charge in [0, 0.05) is 4.90 Å². The molecule has 142 valence electrons. The Morgan fingerprint density at radius 2 is 1.39 bits per heavy atom. The van der Waals surface area contributed by atoms with Gasteiger partial charge in [0.2, 0.25) is 5.12 Å². The molecule has 3 aromatic rings. The van der Waals surface area contributed by atoms with Crippen molar-refractivity contribution in [2.24, 2.45) is 0 Å². The smallest absolute Gasteiger partial charge is 0.310 e. The second-order valence-corrected chi connectivity index (χ2v) is 7.55. The second-order valence-electron chi connectivity index (χ2n) is 6.15. The summed E-state index contributed by atoms with van der Waals surface area (Å²) in [7, 11) is 0. The molecule has 0 N–H and O–H groups in total. The summed E-state index contributed by atoms with van der Waals surface area (Å²) in [6.07, 6.45) is 0.239. The van der Waals surface area contributed by atoms with Crippen molar-refractivity contribution in [2.45, 2.75) is 17.9 Å². The van der Waals surface area contributed by atoms with E-state index in [0.717, 1.165) is 38.9 Å². The van der Waals surface area contributed by atoms with Crippen LogP contribution in [-0.4, -0.2) is 17.0 Å². The minimum atomic E-state index is -0.248. The zero-order valence-electron chi connectivity index (χ0n) is 15.1. The molecule has 3 nitrogen and oxygen atoms in total. The SMILES string of the molecule is O=C(Cc1ccc(-c2ccc(SC(=O)CCl)cc2)cc1)OCc1ccccc1. The highest BCUT2D eigenvalue weighted by atomic mass is 35.5. The monoisotopic (exact) mass is 410 g/mol. The van der Waals surface area contributed by atoms with Crippen LogP contribution in [0.1, 0.15) is 11.1 Å². The van der Waals surface area contributed by atoms with Crippen molar-refractivity contribution >= 4 is 34.4 Å². The quantitative estimate of drug-likeness (QED) is 0.293. The Morgan fingerprint density at radius 3 is 2.00 bits per heavy atom. The van der Waals surface area contributed by atoms with Gasteiger partial charge in [0.25, 0.3) is 0 Å². The maximum Gasteiger partial charge on any atom is 0.310 e. The summed E-state index contributed by atoms with van der Waals surface area (Å²) in [5, 5.41) is -0.0714. The molecule has 5 heteroatoms. The molecule has 0 amide bonds. The Bertz CT molecular complexity index is 922. The number of carbonyl (C=O) groups is 2. The van der Waals surface area contributed by atoms with Crippen LogP contribution < -0.4 is 0 Å². The van der Waals surface area contributed by atoms with E-state index in [-0.39, 0.29) is 30.0 Å². The number of halogens is 1. The van der Waals surface area contributed by atoms with Crippen molar-refractivity contribution in [3.05, 3.63) is 90.0 Å². The predicted octanol–water partition coefficient (Wildman–Crippen LogP) is 5.50. The van der Waals surface area contributed by atoms with Crippen molar-refractivity contribution in [3.63, 3.8) is 0 Å². The molecule has 0 unspecified atom stereocenters. The van der Waals surface area contributed by atoms with E-state index in [1.165, 1.54) is 0 Å². The molecular weight excluding hydrogens is 392 g/mol. The van der Waals surface area contributed by atoms with Gasteiger partial charge in [0.15, 0.2) is 0 Å². The lowest BCUT2D eigenvalue weighted by atomic mass is 10.0. The molecule has 0 bridgehead atoms. The number of thioether (sulfide) groups is 1. The number of carbonyl (C=O) groups excluding carboxylic acids is 2. The molecule has 0 saturated carbocycles. The average Bonchev–Trinajstić information content (AvgIpc) is 2.74. The summed E-state index contributed by atoms with van der Waals surface area (Å²) in [5.74, 6) is -0.247. The van der Waals surface area contributed by atoms with Crippen molar-refractivity contribution in [2.75, 3.05) is 5.88 Å². The standard InChI is InChI=1S/C23H19ClO3S/c24-15-23(26)28-21-12-10-20(11-13-21)19-8-6-17(7-9-19)14-22(25)27-16-18-4-2-1-3-5-18/h1-13H,14-16H2. The lowest BCUT2D eigenvalue weighted by Gasteiger charge is -2.07. The number of hydrogen-bond donors (Lipinski definition) is 0.